The molecule has 0 aromatic carbocycles. The normalized spacial score (nSPS) is 11.5. The Labute approximate surface area is 116 Å². The van der Waals surface area contributed by atoms with Gasteiger partial charge in [0.05, 0.1) is 11.9 Å². The number of alkyl halides is 2. The summed E-state index contributed by atoms with van der Waals surface area (Å²) in [6, 6.07) is 3.45. The third-order valence-corrected chi connectivity index (χ3v) is 3.14. The van der Waals surface area contributed by atoms with Crippen molar-refractivity contribution in [2.45, 2.75) is 6.43 Å². The molecule has 0 aliphatic carbocycles. The maximum absolute atomic E-state index is 13.3. The Morgan fingerprint density at radius 1 is 1.19 bits per heavy atom. The number of pyridine rings is 2. The van der Waals surface area contributed by atoms with Gasteiger partial charge in [-0.25, -0.2) is 27.5 Å². The number of hydrogen-bond acceptors (Lipinski definition) is 2. The zero-order chi connectivity index (χ0) is 15.1. The molecular weight excluding hydrogens is 286 g/mol. The third-order valence-electron chi connectivity index (χ3n) is 3.14. The molecule has 0 saturated heterocycles. The molecule has 0 aliphatic rings. The van der Waals surface area contributed by atoms with Gasteiger partial charge >= 0.3 is 0 Å². The molecule has 3 heterocycles. The number of fused-ring (bicyclic) bond motifs is 1. The molecular formula is C14H9F4N3. The molecule has 0 N–H and O–H groups in total. The summed E-state index contributed by atoms with van der Waals surface area (Å²) < 4.78 is 53.7. The van der Waals surface area contributed by atoms with E-state index < -0.39 is 23.8 Å². The second-order valence-corrected chi connectivity index (χ2v) is 4.54. The molecule has 21 heavy (non-hydrogen) atoms. The molecule has 0 atom stereocenters. The fourth-order valence-corrected chi connectivity index (χ4v) is 2.20. The molecule has 3 aromatic heterocycles. The maximum atomic E-state index is 13.3. The molecule has 108 valence electrons. The van der Waals surface area contributed by atoms with Crippen LogP contribution in [0.3, 0.4) is 0 Å². The van der Waals surface area contributed by atoms with Crippen LogP contribution >= 0.6 is 0 Å². The van der Waals surface area contributed by atoms with E-state index in [1.165, 1.54) is 12.1 Å². The highest BCUT2D eigenvalue weighted by Gasteiger charge is 2.18. The third kappa shape index (κ3) is 2.24. The molecule has 3 rings (SSSR count). The van der Waals surface area contributed by atoms with Crippen molar-refractivity contribution in [3.8, 4) is 11.3 Å². The molecule has 0 saturated carbocycles. The van der Waals surface area contributed by atoms with Gasteiger partial charge in [-0.2, -0.15) is 0 Å². The van der Waals surface area contributed by atoms with E-state index in [1.807, 2.05) is 0 Å². The van der Waals surface area contributed by atoms with Crippen LogP contribution < -0.4 is 0 Å². The second kappa shape index (κ2) is 4.83. The summed E-state index contributed by atoms with van der Waals surface area (Å²) in [7, 11) is 1.69. The minimum Gasteiger partial charge on any atom is -0.335 e. The highest BCUT2D eigenvalue weighted by Crippen LogP contribution is 2.30. The van der Waals surface area contributed by atoms with Gasteiger partial charge in [0.2, 0.25) is 0 Å². The lowest BCUT2D eigenvalue weighted by Crippen LogP contribution is -1.97. The van der Waals surface area contributed by atoms with Gasteiger partial charge in [-0.05, 0) is 18.2 Å². The molecule has 0 spiro atoms. The monoisotopic (exact) mass is 295 g/mol. The van der Waals surface area contributed by atoms with Gasteiger partial charge in [0.1, 0.15) is 17.2 Å². The van der Waals surface area contributed by atoms with E-state index in [0.29, 0.717) is 16.6 Å². The second-order valence-electron chi connectivity index (χ2n) is 4.54. The van der Waals surface area contributed by atoms with Crippen molar-refractivity contribution in [1.29, 1.82) is 0 Å². The van der Waals surface area contributed by atoms with Gasteiger partial charge in [-0.3, -0.25) is 0 Å². The summed E-state index contributed by atoms with van der Waals surface area (Å²) in [6.07, 6.45) is -0.365. The number of halogens is 4. The minimum absolute atomic E-state index is 0.143. The Hall–Kier alpha value is -2.44. The van der Waals surface area contributed by atoms with Crippen molar-refractivity contribution in [2.75, 3.05) is 0 Å². The van der Waals surface area contributed by atoms with Crippen LogP contribution in [0.4, 0.5) is 17.6 Å². The van der Waals surface area contributed by atoms with Crippen LogP contribution in [0.5, 0.6) is 0 Å². The van der Waals surface area contributed by atoms with Crippen LogP contribution in [-0.2, 0) is 7.05 Å². The molecule has 0 aliphatic heterocycles. The number of rotatable bonds is 2. The van der Waals surface area contributed by atoms with Gasteiger partial charge in [-0.1, -0.05) is 0 Å². The summed E-state index contributed by atoms with van der Waals surface area (Å²) in [5.74, 6) is -1.62. The lowest BCUT2D eigenvalue weighted by Gasteiger charge is -2.04. The van der Waals surface area contributed by atoms with Crippen LogP contribution in [0.15, 0.2) is 30.6 Å². The largest absolute Gasteiger partial charge is 0.335 e. The number of nitrogens with zero attached hydrogens (tertiary/aromatic N) is 3. The Morgan fingerprint density at radius 3 is 2.67 bits per heavy atom. The van der Waals surface area contributed by atoms with E-state index in [1.54, 1.807) is 17.8 Å². The van der Waals surface area contributed by atoms with Crippen molar-refractivity contribution < 1.29 is 17.6 Å². The first-order chi connectivity index (χ1) is 9.97. The van der Waals surface area contributed by atoms with E-state index in [4.69, 9.17) is 0 Å². The fraction of sp³-hybridized carbons (Fsp3) is 0.143. The lowest BCUT2D eigenvalue weighted by atomic mass is 10.1. The molecule has 0 fully saturated rings. The van der Waals surface area contributed by atoms with Crippen molar-refractivity contribution in [3.63, 3.8) is 0 Å². The number of hydrogen-bond donors (Lipinski definition) is 0. The lowest BCUT2D eigenvalue weighted by molar-refractivity contribution is 0.140. The molecule has 0 unspecified atom stereocenters. The average molecular weight is 295 g/mol. The van der Waals surface area contributed by atoms with E-state index in [0.717, 1.165) is 12.3 Å². The van der Waals surface area contributed by atoms with Crippen molar-refractivity contribution in [2.24, 2.45) is 7.05 Å². The SMILES string of the molecule is Cn1cc(-c2ccc(F)c(C(F)F)n2)c2cc(F)cnc21. The van der Waals surface area contributed by atoms with E-state index in [9.17, 15) is 17.6 Å². The van der Waals surface area contributed by atoms with Gasteiger partial charge in [0, 0.05) is 24.2 Å². The predicted octanol–water partition coefficient (Wildman–Crippen LogP) is 3.85. The Bertz CT molecular complexity index is 826. The van der Waals surface area contributed by atoms with Crippen molar-refractivity contribution in [1.82, 2.24) is 14.5 Å². The van der Waals surface area contributed by atoms with Crippen LogP contribution in [0, 0.1) is 11.6 Å². The molecule has 7 heteroatoms. The highest BCUT2D eigenvalue weighted by atomic mass is 19.3. The van der Waals surface area contributed by atoms with Crippen LogP contribution in [0.25, 0.3) is 22.3 Å². The van der Waals surface area contributed by atoms with Crippen LogP contribution in [0.2, 0.25) is 0 Å². The van der Waals surface area contributed by atoms with Gasteiger partial charge in [0.15, 0.2) is 5.82 Å². The standard InChI is InChI=1S/C14H9F4N3/c1-21-6-9(8-4-7(15)5-19-14(8)21)11-3-2-10(16)12(20-11)13(17)18/h2-6,13H,1H3. The van der Waals surface area contributed by atoms with Crippen molar-refractivity contribution >= 4 is 11.0 Å². The maximum Gasteiger partial charge on any atom is 0.283 e. The van der Waals surface area contributed by atoms with Crippen LogP contribution in [0.1, 0.15) is 12.1 Å². The molecule has 0 bridgehead atoms. The quantitative estimate of drug-likeness (QED) is 0.672. The molecule has 0 amide bonds. The van der Waals surface area contributed by atoms with Crippen molar-refractivity contribution in [3.05, 3.63) is 47.9 Å². The highest BCUT2D eigenvalue weighted by molar-refractivity contribution is 5.93. The first kappa shape index (κ1) is 13.5. The van der Waals surface area contributed by atoms with Gasteiger partial charge < -0.3 is 4.57 Å². The van der Waals surface area contributed by atoms with E-state index in [2.05, 4.69) is 9.97 Å². The average Bonchev–Trinajstić information content (AvgIpc) is 2.76. The molecule has 3 aromatic rings. The Morgan fingerprint density at radius 2 is 1.95 bits per heavy atom. The minimum atomic E-state index is -3.02. The topological polar surface area (TPSA) is 30.7 Å². The molecule has 3 nitrogen and oxygen atoms in total. The Kier molecular flexibility index (Phi) is 3.12. The summed E-state index contributed by atoms with van der Waals surface area (Å²) in [6.45, 7) is 0. The molecule has 0 radical (unpaired) electrons. The zero-order valence-corrected chi connectivity index (χ0v) is 10.8. The van der Waals surface area contributed by atoms with E-state index >= 15 is 0 Å². The van der Waals surface area contributed by atoms with E-state index in [-0.39, 0.29) is 5.69 Å². The number of aromatic nitrogens is 3. The smallest absolute Gasteiger partial charge is 0.283 e. The summed E-state index contributed by atoms with van der Waals surface area (Å²) >= 11 is 0. The fourth-order valence-electron chi connectivity index (χ4n) is 2.20. The zero-order valence-electron chi connectivity index (χ0n) is 10.8. The first-order valence-electron chi connectivity index (χ1n) is 6.03. The first-order valence-corrected chi connectivity index (χ1v) is 6.03. The number of aryl methyl sites for hydroxylation is 1. The summed E-state index contributed by atoms with van der Waals surface area (Å²) in [5.41, 5.74) is 0.121. The predicted molar refractivity (Wildman–Crippen MR) is 68.8 cm³/mol. The van der Waals surface area contributed by atoms with Gasteiger partial charge in [-0.15, -0.1) is 0 Å². The summed E-state index contributed by atoms with van der Waals surface area (Å²) in [5, 5.41) is 0.428. The Balaban J connectivity index is 2.25. The van der Waals surface area contributed by atoms with Gasteiger partial charge in [0.25, 0.3) is 6.43 Å². The summed E-state index contributed by atoms with van der Waals surface area (Å²) in [4.78, 5) is 7.59. The van der Waals surface area contributed by atoms with Crippen LogP contribution in [-0.4, -0.2) is 14.5 Å².